The van der Waals surface area contributed by atoms with Gasteiger partial charge in [-0.2, -0.15) is 0 Å². The molecule has 0 unspecified atom stereocenters. The highest BCUT2D eigenvalue weighted by atomic mass is 32.2. The molecule has 7 heteroatoms. The molecule has 3 rings (SSSR count). The van der Waals surface area contributed by atoms with Crippen LogP contribution < -0.4 is 10.1 Å². The summed E-state index contributed by atoms with van der Waals surface area (Å²) in [6.07, 6.45) is 0. The third-order valence-corrected chi connectivity index (χ3v) is 5.85. The number of hydrogen-bond acceptors (Lipinski definition) is 4. The molecule has 20 heavy (non-hydrogen) atoms. The normalized spacial score (nSPS) is 27.2. The largest absolute Gasteiger partial charge is 0.497 e. The van der Waals surface area contributed by atoms with E-state index < -0.39 is 9.84 Å². The van der Waals surface area contributed by atoms with Crippen molar-refractivity contribution >= 4 is 27.2 Å². The fourth-order valence-corrected chi connectivity index (χ4v) is 5.10. The maximum Gasteiger partial charge on any atom is 0.169 e. The molecule has 1 aromatic rings. The van der Waals surface area contributed by atoms with Crippen LogP contribution in [0.2, 0.25) is 0 Å². The zero-order valence-corrected chi connectivity index (χ0v) is 12.7. The average molecular weight is 312 g/mol. The SMILES string of the molecule is COc1cccc(CN2C(=S)N[C@@H]3CS(=O)(=O)C[C@@H]32)c1. The summed E-state index contributed by atoms with van der Waals surface area (Å²) >= 11 is 5.32. The molecule has 2 atom stereocenters. The van der Waals surface area contributed by atoms with Gasteiger partial charge in [-0.05, 0) is 29.9 Å². The van der Waals surface area contributed by atoms with Gasteiger partial charge in [0.1, 0.15) is 5.75 Å². The van der Waals surface area contributed by atoms with Gasteiger partial charge in [0.05, 0.1) is 30.7 Å². The Balaban J connectivity index is 1.81. The number of sulfone groups is 1. The Bertz CT molecular complexity index is 645. The van der Waals surface area contributed by atoms with Crippen LogP contribution in [0.3, 0.4) is 0 Å². The lowest BCUT2D eigenvalue weighted by Gasteiger charge is -2.23. The zero-order chi connectivity index (χ0) is 14.3. The highest BCUT2D eigenvalue weighted by Gasteiger charge is 2.46. The standard InChI is InChI=1S/C13H16N2O3S2/c1-18-10-4-2-3-9(5-10)6-15-12-8-20(16,17)7-11(12)14-13(15)19/h2-5,11-12H,6-8H2,1H3,(H,14,19)/t11-,12+/m1/s1. The summed E-state index contributed by atoms with van der Waals surface area (Å²) in [7, 11) is -1.33. The molecule has 0 aromatic heterocycles. The molecule has 1 N–H and O–H groups in total. The van der Waals surface area contributed by atoms with Crippen molar-refractivity contribution in [3.63, 3.8) is 0 Å². The van der Waals surface area contributed by atoms with Gasteiger partial charge < -0.3 is 15.0 Å². The summed E-state index contributed by atoms with van der Waals surface area (Å²) in [6.45, 7) is 0.597. The molecule has 2 aliphatic heterocycles. The van der Waals surface area contributed by atoms with E-state index in [2.05, 4.69) is 5.32 Å². The van der Waals surface area contributed by atoms with Gasteiger partial charge in [0.15, 0.2) is 14.9 Å². The first kappa shape index (κ1) is 13.6. The average Bonchev–Trinajstić information content (AvgIpc) is 2.83. The molecular formula is C13H16N2O3S2. The topological polar surface area (TPSA) is 58.6 Å². The Morgan fingerprint density at radius 1 is 1.45 bits per heavy atom. The molecule has 2 fully saturated rings. The van der Waals surface area contributed by atoms with E-state index in [4.69, 9.17) is 17.0 Å². The molecule has 2 aliphatic rings. The highest BCUT2D eigenvalue weighted by molar-refractivity contribution is 7.91. The summed E-state index contributed by atoms with van der Waals surface area (Å²) in [5, 5.41) is 3.75. The van der Waals surface area contributed by atoms with Crippen molar-refractivity contribution in [2.75, 3.05) is 18.6 Å². The fourth-order valence-electron chi connectivity index (χ4n) is 2.82. The Labute approximate surface area is 123 Å². The van der Waals surface area contributed by atoms with Crippen LogP contribution >= 0.6 is 12.2 Å². The van der Waals surface area contributed by atoms with Crippen molar-refractivity contribution in [3.05, 3.63) is 29.8 Å². The monoisotopic (exact) mass is 312 g/mol. The molecule has 0 saturated carbocycles. The minimum atomic E-state index is -2.96. The van der Waals surface area contributed by atoms with Gasteiger partial charge in [0, 0.05) is 6.54 Å². The van der Waals surface area contributed by atoms with Gasteiger partial charge in [-0.25, -0.2) is 8.42 Å². The lowest BCUT2D eigenvalue weighted by atomic mass is 10.1. The van der Waals surface area contributed by atoms with Crippen molar-refractivity contribution < 1.29 is 13.2 Å². The molecule has 0 spiro atoms. The first-order valence-corrected chi connectivity index (χ1v) is 8.62. The number of rotatable bonds is 3. The van der Waals surface area contributed by atoms with Crippen LogP contribution in [0, 0.1) is 0 Å². The molecule has 0 amide bonds. The lowest BCUT2D eigenvalue weighted by Crippen LogP contribution is -2.36. The molecule has 0 bridgehead atoms. The Morgan fingerprint density at radius 3 is 3.00 bits per heavy atom. The Hall–Kier alpha value is -1.34. The molecule has 1 aromatic carbocycles. The van der Waals surface area contributed by atoms with Crippen LogP contribution in [0.5, 0.6) is 5.75 Å². The van der Waals surface area contributed by atoms with Crippen molar-refractivity contribution in [1.29, 1.82) is 0 Å². The van der Waals surface area contributed by atoms with Gasteiger partial charge in [-0.1, -0.05) is 12.1 Å². The Kier molecular flexibility index (Phi) is 3.33. The summed E-state index contributed by atoms with van der Waals surface area (Å²) < 4.78 is 28.6. The highest BCUT2D eigenvalue weighted by Crippen LogP contribution is 2.26. The number of benzene rings is 1. The number of ether oxygens (including phenoxy) is 1. The molecule has 0 aliphatic carbocycles. The minimum Gasteiger partial charge on any atom is -0.497 e. The minimum absolute atomic E-state index is 0.0568. The predicted octanol–water partition coefficient (Wildman–Crippen LogP) is 0.551. The van der Waals surface area contributed by atoms with E-state index >= 15 is 0 Å². The van der Waals surface area contributed by atoms with E-state index in [-0.39, 0.29) is 23.6 Å². The van der Waals surface area contributed by atoms with Crippen molar-refractivity contribution in [2.24, 2.45) is 0 Å². The first-order chi connectivity index (χ1) is 9.48. The molecule has 0 radical (unpaired) electrons. The van der Waals surface area contributed by atoms with Crippen LogP contribution in [0.1, 0.15) is 5.56 Å². The number of nitrogens with zero attached hydrogens (tertiary/aromatic N) is 1. The smallest absolute Gasteiger partial charge is 0.169 e. The van der Waals surface area contributed by atoms with Crippen LogP contribution in [0.15, 0.2) is 24.3 Å². The molecule has 2 saturated heterocycles. The van der Waals surface area contributed by atoms with Gasteiger partial charge in [-0.15, -0.1) is 0 Å². The van der Waals surface area contributed by atoms with Gasteiger partial charge >= 0.3 is 0 Å². The van der Waals surface area contributed by atoms with E-state index in [9.17, 15) is 8.42 Å². The summed E-state index contributed by atoms with van der Waals surface area (Å²) in [6, 6.07) is 7.61. The van der Waals surface area contributed by atoms with Gasteiger partial charge in [0.2, 0.25) is 0 Å². The quantitative estimate of drug-likeness (QED) is 0.823. The van der Waals surface area contributed by atoms with E-state index in [1.807, 2.05) is 29.2 Å². The van der Waals surface area contributed by atoms with Crippen molar-refractivity contribution in [1.82, 2.24) is 10.2 Å². The number of hydrogen-bond donors (Lipinski definition) is 1. The second kappa shape index (κ2) is 4.89. The van der Waals surface area contributed by atoms with Crippen molar-refractivity contribution in [2.45, 2.75) is 18.6 Å². The first-order valence-electron chi connectivity index (χ1n) is 6.39. The van der Waals surface area contributed by atoms with E-state index in [1.54, 1.807) is 7.11 Å². The van der Waals surface area contributed by atoms with Crippen LogP contribution in [0.25, 0.3) is 0 Å². The Morgan fingerprint density at radius 2 is 2.25 bits per heavy atom. The molecule has 2 heterocycles. The summed E-state index contributed by atoms with van der Waals surface area (Å²) in [5.41, 5.74) is 1.05. The fraction of sp³-hybridized carbons (Fsp3) is 0.462. The van der Waals surface area contributed by atoms with Crippen LogP contribution in [0.4, 0.5) is 0 Å². The predicted molar refractivity (Wildman–Crippen MR) is 80.5 cm³/mol. The summed E-state index contributed by atoms with van der Waals surface area (Å²) in [5.74, 6) is 1.14. The second-order valence-corrected chi connectivity index (χ2v) is 7.72. The zero-order valence-electron chi connectivity index (χ0n) is 11.1. The lowest BCUT2D eigenvalue weighted by molar-refractivity contribution is 0.347. The van der Waals surface area contributed by atoms with Gasteiger partial charge in [-0.3, -0.25) is 0 Å². The number of thiocarbonyl (C=S) groups is 1. The van der Waals surface area contributed by atoms with E-state index in [1.165, 1.54) is 0 Å². The maximum atomic E-state index is 11.7. The van der Waals surface area contributed by atoms with Crippen LogP contribution in [-0.4, -0.2) is 49.1 Å². The number of fused-ring (bicyclic) bond motifs is 1. The maximum absolute atomic E-state index is 11.7. The number of nitrogens with one attached hydrogen (secondary N) is 1. The third kappa shape index (κ3) is 2.47. The molecular weight excluding hydrogens is 296 g/mol. The van der Waals surface area contributed by atoms with Gasteiger partial charge in [0.25, 0.3) is 0 Å². The second-order valence-electron chi connectivity index (χ2n) is 5.18. The van der Waals surface area contributed by atoms with Crippen molar-refractivity contribution in [3.8, 4) is 5.75 Å². The molecule has 108 valence electrons. The van der Waals surface area contributed by atoms with E-state index in [0.717, 1.165) is 11.3 Å². The summed E-state index contributed by atoms with van der Waals surface area (Å²) in [4.78, 5) is 1.97. The van der Waals surface area contributed by atoms with Crippen LogP contribution in [-0.2, 0) is 16.4 Å². The third-order valence-electron chi connectivity index (χ3n) is 3.78. The molecule has 5 nitrogen and oxygen atoms in total. The van der Waals surface area contributed by atoms with E-state index in [0.29, 0.717) is 11.7 Å². The number of methoxy groups -OCH3 is 1.